The number of rotatable bonds is 3. The predicted octanol–water partition coefficient (Wildman–Crippen LogP) is 3.76. The van der Waals surface area contributed by atoms with Gasteiger partial charge in [-0.05, 0) is 42.5 Å². The molecule has 0 radical (unpaired) electrons. The van der Waals surface area contributed by atoms with Gasteiger partial charge in [0.05, 0.1) is 18.5 Å². The van der Waals surface area contributed by atoms with Crippen molar-refractivity contribution in [2.75, 3.05) is 7.11 Å². The third-order valence-corrected chi connectivity index (χ3v) is 3.96. The zero-order chi connectivity index (χ0) is 17.9. The topological polar surface area (TPSA) is 50.1 Å². The summed E-state index contributed by atoms with van der Waals surface area (Å²) in [7, 11) is 1.58. The highest BCUT2D eigenvalue weighted by molar-refractivity contribution is 6.13. The highest BCUT2D eigenvalue weighted by Crippen LogP contribution is 2.30. The molecule has 2 aliphatic rings. The molecule has 0 spiro atoms. The molecule has 5 nitrogen and oxygen atoms in total. The summed E-state index contributed by atoms with van der Waals surface area (Å²) in [6.07, 6.45) is 7.98. The van der Waals surface area contributed by atoms with Crippen LogP contribution in [0.3, 0.4) is 0 Å². The summed E-state index contributed by atoms with van der Waals surface area (Å²) in [5.74, 6) is 0.826. The number of hydrazone groups is 1. The Bertz CT molecular complexity index is 981. The summed E-state index contributed by atoms with van der Waals surface area (Å²) in [5.41, 5.74) is 6.35. The molecule has 4 rings (SSSR count). The van der Waals surface area contributed by atoms with Crippen molar-refractivity contribution in [1.29, 1.82) is 0 Å². The van der Waals surface area contributed by atoms with E-state index in [-0.39, 0.29) is 5.82 Å². The fraction of sp³-hybridized carbons (Fsp3) is 0.100. The van der Waals surface area contributed by atoms with Gasteiger partial charge < -0.3 is 4.74 Å². The molecular formula is C20H15FN4O. The third-order valence-electron chi connectivity index (χ3n) is 3.96. The predicted molar refractivity (Wildman–Crippen MR) is 98.2 cm³/mol. The molecule has 2 aliphatic heterocycles. The largest absolute Gasteiger partial charge is 0.481 e. The van der Waals surface area contributed by atoms with Gasteiger partial charge in [0.25, 0.3) is 0 Å². The third kappa shape index (κ3) is 3.06. The lowest BCUT2D eigenvalue weighted by molar-refractivity contribution is 0.397. The normalized spacial score (nSPS) is 15.6. The molecule has 0 atom stereocenters. The van der Waals surface area contributed by atoms with Crippen molar-refractivity contribution in [1.82, 2.24) is 9.99 Å². The van der Waals surface area contributed by atoms with Crippen LogP contribution in [-0.2, 0) is 0 Å². The zero-order valence-corrected chi connectivity index (χ0v) is 14.1. The second-order valence-electron chi connectivity index (χ2n) is 5.64. The number of hydrogen-bond acceptors (Lipinski definition) is 5. The Balaban J connectivity index is 1.84. The van der Waals surface area contributed by atoms with Gasteiger partial charge in [-0.25, -0.2) is 19.4 Å². The monoisotopic (exact) mass is 346 g/mol. The Morgan fingerprint density at radius 2 is 1.92 bits per heavy atom. The summed E-state index contributed by atoms with van der Waals surface area (Å²) in [4.78, 5) is 8.91. The van der Waals surface area contributed by atoms with Gasteiger partial charge in [-0.3, -0.25) is 0 Å². The lowest BCUT2D eigenvalue weighted by Gasteiger charge is -2.25. The number of benzene rings is 1. The first kappa shape index (κ1) is 16.0. The average molecular weight is 346 g/mol. The molecule has 0 unspecified atom stereocenters. The smallest absolute Gasteiger partial charge is 0.212 e. The Hall–Kier alpha value is -3.50. The quantitative estimate of drug-likeness (QED) is 0.795. The molecule has 0 saturated heterocycles. The van der Waals surface area contributed by atoms with E-state index in [4.69, 9.17) is 4.74 Å². The lowest BCUT2D eigenvalue weighted by Crippen LogP contribution is -2.20. The van der Waals surface area contributed by atoms with Crippen LogP contribution in [0.5, 0.6) is 5.88 Å². The van der Waals surface area contributed by atoms with Crippen LogP contribution >= 0.6 is 0 Å². The number of aliphatic imine (C=N–C) groups is 1. The molecule has 0 N–H and O–H groups in total. The van der Waals surface area contributed by atoms with Crippen LogP contribution in [-0.4, -0.2) is 29.0 Å². The van der Waals surface area contributed by atoms with Gasteiger partial charge in [0.2, 0.25) is 5.88 Å². The second-order valence-corrected chi connectivity index (χ2v) is 5.64. The van der Waals surface area contributed by atoms with Crippen molar-refractivity contribution in [2.24, 2.45) is 10.1 Å². The Morgan fingerprint density at radius 3 is 2.65 bits per heavy atom. The standard InChI is InChI=1S/C20H15FN4O/c1-26-20-10-7-15(13-22-20)18-12-17(14-5-8-16(21)9-6-14)24-19-4-2-3-11-23-25(18)19/h2,5-13H,3H2,1H3. The van der Waals surface area contributed by atoms with Crippen LogP contribution in [0.2, 0.25) is 0 Å². The molecule has 6 heteroatoms. The van der Waals surface area contributed by atoms with E-state index in [2.05, 4.69) is 20.8 Å². The molecule has 0 amide bonds. The number of nitrogens with zero attached hydrogens (tertiary/aromatic N) is 4. The summed E-state index contributed by atoms with van der Waals surface area (Å²) < 4.78 is 18.4. The summed E-state index contributed by atoms with van der Waals surface area (Å²) in [5, 5.41) is 6.19. The Kier molecular flexibility index (Phi) is 4.17. The number of allylic oxidation sites excluding steroid dienone is 2. The molecule has 1 aromatic heterocycles. The van der Waals surface area contributed by atoms with Crippen LogP contribution in [0.15, 0.2) is 76.4 Å². The van der Waals surface area contributed by atoms with Crippen molar-refractivity contribution in [2.45, 2.75) is 6.42 Å². The summed E-state index contributed by atoms with van der Waals surface area (Å²) >= 11 is 0. The molecular weight excluding hydrogens is 331 g/mol. The van der Waals surface area contributed by atoms with Crippen molar-refractivity contribution < 1.29 is 9.13 Å². The first-order valence-corrected chi connectivity index (χ1v) is 8.09. The van der Waals surface area contributed by atoms with Gasteiger partial charge in [-0.1, -0.05) is 5.73 Å². The van der Waals surface area contributed by atoms with Gasteiger partial charge in [-0.15, -0.1) is 0 Å². The van der Waals surface area contributed by atoms with Crippen molar-refractivity contribution in [3.8, 4) is 5.88 Å². The number of methoxy groups -OCH3 is 1. The summed E-state index contributed by atoms with van der Waals surface area (Å²) in [6.45, 7) is 0. The van der Waals surface area contributed by atoms with Gasteiger partial charge in [0.15, 0.2) is 5.82 Å². The number of ether oxygens (including phenoxy) is 1. The lowest BCUT2D eigenvalue weighted by atomic mass is 10.0. The SMILES string of the molecule is COc1ccc(C2=CC(c3ccc(F)cc3)=NC3=C=CCC=NN32)cn1. The van der Waals surface area contributed by atoms with Gasteiger partial charge in [0.1, 0.15) is 5.82 Å². The van der Waals surface area contributed by atoms with E-state index in [1.54, 1.807) is 42.7 Å². The molecule has 128 valence electrons. The molecule has 2 aromatic rings. The zero-order valence-electron chi connectivity index (χ0n) is 14.1. The van der Waals surface area contributed by atoms with Crippen molar-refractivity contribution in [3.63, 3.8) is 0 Å². The van der Waals surface area contributed by atoms with E-state index < -0.39 is 0 Å². The van der Waals surface area contributed by atoms with Crippen LogP contribution in [0, 0.1) is 5.82 Å². The second kappa shape index (κ2) is 6.78. The van der Waals surface area contributed by atoms with Crippen molar-refractivity contribution in [3.05, 3.63) is 83.2 Å². The van der Waals surface area contributed by atoms with E-state index >= 15 is 0 Å². The highest BCUT2D eigenvalue weighted by Gasteiger charge is 2.23. The first-order valence-electron chi connectivity index (χ1n) is 8.09. The number of hydrogen-bond donors (Lipinski definition) is 0. The van der Waals surface area contributed by atoms with Crippen LogP contribution < -0.4 is 4.74 Å². The number of pyridine rings is 1. The molecule has 0 aliphatic carbocycles. The number of aromatic nitrogens is 1. The van der Waals surface area contributed by atoms with Gasteiger partial charge in [0, 0.05) is 36.0 Å². The molecule has 0 saturated carbocycles. The van der Waals surface area contributed by atoms with E-state index in [1.165, 1.54) is 12.1 Å². The molecule has 3 heterocycles. The highest BCUT2D eigenvalue weighted by atomic mass is 19.1. The summed E-state index contributed by atoms with van der Waals surface area (Å²) in [6, 6.07) is 9.94. The van der Waals surface area contributed by atoms with Gasteiger partial charge in [-0.2, -0.15) is 5.10 Å². The first-order chi connectivity index (χ1) is 12.7. The van der Waals surface area contributed by atoms with E-state index in [0.29, 0.717) is 23.8 Å². The number of fused-ring (bicyclic) bond motifs is 1. The van der Waals surface area contributed by atoms with Crippen molar-refractivity contribution >= 4 is 17.6 Å². The van der Waals surface area contributed by atoms with Crippen LogP contribution in [0.1, 0.15) is 17.5 Å². The van der Waals surface area contributed by atoms with E-state index in [1.807, 2.05) is 18.2 Å². The minimum Gasteiger partial charge on any atom is -0.481 e. The molecule has 0 fully saturated rings. The minimum absolute atomic E-state index is 0.284. The van der Waals surface area contributed by atoms with Gasteiger partial charge >= 0.3 is 0 Å². The molecule has 1 aromatic carbocycles. The molecule has 0 bridgehead atoms. The maximum absolute atomic E-state index is 13.3. The fourth-order valence-corrected chi connectivity index (χ4v) is 2.67. The van der Waals surface area contributed by atoms with Crippen LogP contribution in [0.4, 0.5) is 4.39 Å². The van der Waals surface area contributed by atoms with E-state index in [0.717, 1.165) is 16.8 Å². The average Bonchev–Trinajstić information content (AvgIpc) is 2.93. The molecule has 26 heavy (non-hydrogen) atoms. The maximum Gasteiger partial charge on any atom is 0.212 e. The Labute approximate surface area is 150 Å². The number of halogens is 1. The Morgan fingerprint density at radius 1 is 1.12 bits per heavy atom. The maximum atomic E-state index is 13.3. The van der Waals surface area contributed by atoms with Crippen LogP contribution in [0.25, 0.3) is 5.70 Å². The minimum atomic E-state index is -0.284. The van der Waals surface area contributed by atoms with E-state index in [9.17, 15) is 4.39 Å². The fourth-order valence-electron chi connectivity index (χ4n) is 2.67.